The van der Waals surface area contributed by atoms with Gasteiger partial charge >= 0.3 is 0 Å². The molecular formula is C18H20N2O2. The molecule has 1 aromatic heterocycles. The molecule has 0 fully saturated rings. The van der Waals surface area contributed by atoms with Gasteiger partial charge in [-0.15, -0.1) is 0 Å². The third-order valence-electron chi connectivity index (χ3n) is 3.84. The first kappa shape index (κ1) is 14.6. The van der Waals surface area contributed by atoms with Gasteiger partial charge in [-0.25, -0.2) is 0 Å². The van der Waals surface area contributed by atoms with Crippen LogP contribution in [0.15, 0.2) is 54.7 Å². The fourth-order valence-electron chi connectivity index (χ4n) is 2.59. The van der Waals surface area contributed by atoms with Crippen LogP contribution in [-0.2, 0) is 6.54 Å². The minimum absolute atomic E-state index is 0.507. The molecule has 0 saturated heterocycles. The van der Waals surface area contributed by atoms with Gasteiger partial charge in [0, 0.05) is 30.2 Å². The molecule has 0 saturated carbocycles. The quantitative estimate of drug-likeness (QED) is 0.655. The number of benzene rings is 2. The largest absolute Gasteiger partial charge is 0.497 e. The molecule has 3 aromatic rings. The minimum atomic E-state index is -0.531. The van der Waals surface area contributed by atoms with Crippen LogP contribution in [0, 0.1) is 0 Å². The monoisotopic (exact) mass is 296 g/mol. The van der Waals surface area contributed by atoms with Gasteiger partial charge in [0.1, 0.15) is 5.75 Å². The van der Waals surface area contributed by atoms with Crippen molar-refractivity contribution < 1.29 is 9.84 Å². The van der Waals surface area contributed by atoms with Gasteiger partial charge < -0.3 is 20.1 Å². The summed E-state index contributed by atoms with van der Waals surface area (Å²) in [5.74, 6) is 0.794. The summed E-state index contributed by atoms with van der Waals surface area (Å²) in [5, 5.41) is 14.8. The van der Waals surface area contributed by atoms with Crippen LogP contribution in [0.4, 0.5) is 0 Å². The summed E-state index contributed by atoms with van der Waals surface area (Å²) in [6, 6.07) is 15.8. The number of fused-ring (bicyclic) bond motifs is 1. The van der Waals surface area contributed by atoms with Gasteiger partial charge in [-0.1, -0.05) is 24.3 Å². The smallest absolute Gasteiger partial charge is 0.118 e. The van der Waals surface area contributed by atoms with Crippen LogP contribution in [0.3, 0.4) is 0 Å². The fraction of sp³-hybridized carbons (Fsp3) is 0.222. The molecule has 0 bridgehead atoms. The molecule has 0 aliphatic rings. The van der Waals surface area contributed by atoms with E-state index in [2.05, 4.69) is 28.5 Å². The lowest BCUT2D eigenvalue weighted by atomic mass is 10.1. The van der Waals surface area contributed by atoms with E-state index < -0.39 is 6.10 Å². The first-order valence-electron chi connectivity index (χ1n) is 7.35. The van der Waals surface area contributed by atoms with Crippen LogP contribution in [0.25, 0.3) is 10.9 Å². The molecule has 3 rings (SSSR count). The van der Waals surface area contributed by atoms with E-state index in [0.29, 0.717) is 6.54 Å². The van der Waals surface area contributed by atoms with Crippen LogP contribution in [-0.4, -0.2) is 23.7 Å². The van der Waals surface area contributed by atoms with E-state index in [4.69, 9.17) is 4.74 Å². The first-order chi connectivity index (χ1) is 10.8. The number of ether oxygens (including phenoxy) is 1. The summed E-state index contributed by atoms with van der Waals surface area (Å²) in [5.41, 5.74) is 3.24. The number of aliphatic hydroxyl groups is 1. The van der Waals surface area contributed by atoms with Crippen molar-refractivity contribution >= 4 is 10.9 Å². The predicted molar refractivity (Wildman–Crippen MR) is 88.0 cm³/mol. The molecule has 1 heterocycles. The van der Waals surface area contributed by atoms with Crippen LogP contribution >= 0.6 is 0 Å². The highest BCUT2D eigenvalue weighted by Crippen LogP contribution is 2.19. The second-order valence-electron chi connectivity index (χ2n) is 5.28. The Morgan fingerprint density at radius 1 is 1.14 bits per heavy atom. The Morgan fingerprint density at radius 2 is 1.95 bits per heavy atom. The van der Waals surface area contributed by atoms with Crippen molar-refractivity contribution in [3.05, 3.63) is 65.9 Å². The van der Waals surface area contributed by atoms with Crippen LogP contribution in [0.1, 0.15) is 17.2 Å². The van der Waals surface area contributed by atoms with E-state index in [-0.39, 0.29) is 0 Å². The van der Waals surface area contributed by atoms with Crippen molar-refractivity contribution in [3.63, 3.8) is 0 Å². The van der Waals surface area contributed by atoms with Crippen molar-refractivity contribution in [3.8, 4) is 5.75 Å². The van der Waals surface area contributed by atoms with Crippen molar-refractivity contribution in [2.45, 2.75) is 12.6 Å². The summed E-state index contributed by atoms with van der Waals surface area (Å²) in [7, 11) is 1.63. The number of hydrogen-bond donors (Lipinski definition) is 3. The van der Waals surface area contributed by atoms with Gasteiger partial charge in [-0.3, -0.25) is 0 Å². The molecular weight excluding hydrogens is 276 g/mol. The van der Waals surface area contributed by atoms with Gasteiger partial charge in [0.25, 0.3) is 0 Å². The van der Waals surface area contributed by atoms with Crippen molar-refractivity contribution in [1.82, 2.24) is 10.3 Å². The van der Waals surface area contributed by atoms with Crippen LogP contribution in [0.2, 0.25) is 0 Å². The maximum Gasteiger partial charge on any atom is 0.118 e. The summed E-state index contributed by atoms with van der Waals surface area (Å²) >= 11 is 0. The lowest BCUT2D eigenvalue weighted by Gasteiger charge is -2.13. The lowest BCUT2D eigenvalue weighted by Crippen LogP contribution is -2.21. The Labute approximate surface area is 129 Å². The Morgan fingerprint density at radius 3 is 2.73 bits per heavy atom. The number of aromatic nitrogens is 1. The highest BCUT2D eigenvalue weighted by atomic mass is 16.5. The van der Waals surface area contributed by atoms with E-state index >= 15 is 0 Å². The van der Waals surface area contributed by atoms with Crippen molar-refractivity contribution in [1.29, 1.82) is 0 Å². The van der Waals surface area contributed by atoms with E-state index in [0.717, 1.165) is 23.4 Å². The maximum atomic E-state index is 10.2. The van der Waals surface area contributed by atoms with E-state index in [1.807, 2.05) is 36.5 Å². The summed E-state index contributed by atoms with van der Waals surface area (Å²) in [6.45, 7) is 1.23. The van der Waals surface area contributed by atoms with Gasteiger partial charge in [-0.05, 0) is 35.4 Å². The highest BCUT2D eigenvalue weighted by Gasteiger charge is 2.08. The van der Waals surface area contributed by atoms with Gasteiger partial charge in [0.15, 0.2) is 0 Å². The number of nitrogens with one attached hydrogen (secondary N) is 2. The Kier molecular flexibility index (Phi) is 4.42. The molecule has 0 spiro atoms. The average Bonchev–Trinajstić information content (AvgIpc) is 3.04. The molecule has 0 aliphatic heterocycles. The van der Waals surface area contributed by atoms with Crippen molar-refractivity contribution in [2.75, 3.05) is 13.7 Å². The molecule has 22 heavy (non-hydrogen) atoms. The van der Waals surface area contributed by atoms with Gasteiger partial charge in [-0.2, -0.15) is 0 Å². The maximum absolute atomic E-state index is 10.2. The fourth-order valence-corrected chi connectivity index (χ4v) is 2.59. The molecule has 0 aliphatic carbocycles. The molecule has 1 atom stereocenters. The zero-order valence-corrected chi connectivity index (χ0v) is 12.5. The van der Waals surface area contributed by atoms with Gasteiger partial charge in [0.2, 0.25) is 0 Å². The summed E-state index contributed by atoms with van der Waals surface area (Å²) in [6.07, 6.45) is 1.41. The second-order valence-corrected chi connectivity index (χ2v) is 5.28. The summed E-state index contributed by atoms with van der Waals surface area (Å²) in [4.78, 5) is 3.21. The zero-order valence-electron chi connectivity index (χ0n) is 12.5. The minimum Gasteiger partial charge on any atom is -0.497 e. The topological polar surface area (TPSA) is 57.3 Å². The van der Waals surface area contributed by atoms with Crippen LogP contribution < -0.4 is 10.1 Å². The zero-order chi connectivity index (χ0) is 15.4. The Balaban J connectivity index is 1.59. The number of hydrogen-bond acceptors (Lipinski definition) is 3. The number of aromatic amines is 1. The molecule has 0 radical (unpaired) electrons. The lowest BCUT2D eigenvalue weighted by molar-refractivity contribution is 0.174. The number of methoxy groups -OCH3 is 1. The number of aliphatic hydroxyl groups excluding tert-OH is 1. The molecule has 4 heteroatoms. The molecule has 2 aromatic carbocycles. The van der Waals surface area contributed by atoms with E-state index in [9.17, 15) is 5.11 Å². The van der Waals surface area contributed by atoms with Crippen LogP contribution in [0.5, 0.6) is 5.75 Å². The van der Waals surface area contributed by atoms with E-state index in [1.165, 1.54) is 10.9 Å². The second kappa shape index (κ2) is 6.64. The highest BCUT2D eigenvalue weighted by molar-refractivity contribution is 5.82. The van der Waals surface area contributed by atoms with E-state index in [1.54, 1.807) is 7.11 Å². The summed E-state index contributed by atoms with van der Waals surface area (Å²) < 4.78 is 5.12. The number of rotatable bonds is 6. The third kappa shape index (κ3) is 3.13. The standard InChI is InChI=1S/C18H20N2O2/c1-22-15-7-5-13(6-8-15)18(21)12-19-11-14-3-2-4-17-16(14)9-10-20-17/h2-10,18-21H,11-12H2,1H3. The van der Waals surface area contributed by atoms with Gasteiger partial charge in [0.05, 0.1) is 13.2 Å². The Hall–Kier alpha value is -2.30. The predicted octanol–water partition coefficient (Wildman–Crippen LogP) is 3.00. The normalized spacial score (nSPS) is 12.5. The molecule has 0 amide bonds. The molecule has 1 unspecified atom stereocenters. The molecule has 3 N–H and O–H groups in total. The third-order valence-corrected chi connectivity index (χ3v) is 3.84. The SMILES string of the molecule is COc1ccc(C(O)CNCc2cccc3[nH]ccc23)cc1. The number of H-pyrrole nitrogens is 1. The molecule has 114 valence electrons. The average molecular weight is 296 g/mol. The van der Waals surface area contributed by atoms with Crippen molar-refractivity contribution in [2.24, 2.45) is 0 Å². The Bertz CT molecular complexity index is 734. The molecule has 4 nitrogen and oxygen atoms in total. The first-order valence-corrected chi connectivity index (χ1v) is 7.35.